The molecule has 0 N–H and O–H groups in total. The van der Waals surface area contributed by atoms with Crippen LogP contribution < -0.4 is 9.64 Å². The Kier molecular flexibility index (Phi) is 6.54. The van der Waals surface area contributed by atoms with Gasteiger partial charge in [0.1, 0.15) is 17.2 Å². The SMILES string of the molecule is CC1Oc2ccccc2N(CCC(=O)N(C)CCCc2cc(-c3ccccc3)no2)C1=O. The van der Waals surface area contributed by atoms with Crippen LogP contribution in [0.5, 0.6) is 5.75 Å². The second-order valence-electron chi connectivity index (χ2n) is 7.93. The van der Waals surface area contributed by atoms with E-state index in [4.69, 9.17) is 9.26 Å². The molecule has 1 aliphatic rings. The Morgan fingerprint density at radius 2 is 1.88 bits per heavy atom. The van der Waals surface area contributed by atoms with Crippen LogP contribution in [-0.4, -0.2) is 48.1 Å². The molecule has 0 fully saturated rings. The minimum atomic E-state index is -0.555. The lowest BCUT2D eigenvalue weighted by molar-refractivity contribution is -0.130. The summed E-state index contributed by atoms with van der Waals surface area (Å²) in [5.41, 5.74) is 2.55. The Morgan fingerprint density at radius 1 is 1.12 bits per heavy atom. The average Bonchev–Trinajstić information content (AvgIpc) is 3.28. The number of para-hydroxylation sites is 2. The molecule has 32 heavy (non-hydrogen) atoms. The minimum absolute atomic E-state index is 0.00281. The lowest BCUT2D eigenvalue weighted by atomic mass is 10.1. The van der Waals surface area contributed by atoms with Crippen LogP contribution in [0.25, 0.3) is 11.3 Å². The molecule has 7 nitrogen and oxygen atoms in total. The first-order valence-electron chi connectivity index (χ1n) is 10.8. The fourth-order valence-corrected chi connectivity index (χ4v) is 3.78. The number of ether oxygens (including phenoxy) is 1. The maximum atomic E-state index is 12.6. The van der Waals surface area contributed by atoms with E-state index in [9.17, 15) is 9.59 Å². The fraction of sp³-hybridized carbons (Fsp3) is 0.320. The number of carbonyl (C=O) groups is 2. The van der Waals surface area contributed by atoms with Gasteiger partial charge in [0.2, 0.25) is 5.91 Å². The molecule has 1 atom stereocenters. The molecule has 3 aromatic rings. The second-order valence-corrected chi connectivity index (χ2v) is 7.93. The highest BCUT2D eigenvalue weighted by atomic mass is 16.5. The highest BCUT2D eigenvalue weighted by molar-refractivity contribution is 6.00. The molecular weight excluding hydrogens is 406 g/mol. The lowest BCUT2D eigenvalue weighted by Crippen LogP contribution is -2.46. The van der Waals surface area contributed by atoms with Crippen molar-refractivity contribution in [1.29, 1.82) is 0 Å². The van der Waals surface area contributed by atoms with Crippen molar-refractivity contribution in [1.82, 2.24) is 10.1 Å². The van der Waals surface area contributed by atoms with E-state index in [-0.39, 0.29) is 18.2 Å². The molecule has 2 heterocycles. The zero-order valence-electron chi connectivity index (χ0n) is 18.4. The van der Waals surface area contributed by atoms with Crippen molar-refractivity contribution >= 4 is 17.5 Å². The quantitative estimate of drug-likeness (QED) is 0.538. The van der Waals surface area contributed by atoms with Crippen molar-refractivity contribution in [3.8, 4) is 17.0 Å². The first kappa shape index (κ1) is 21.6. The number of anilines is 1. The lowest BCUT2D eigenvalue weighted by Gasteiger charge is -2.33. The van der Waals surface area contributed by atoms with Gasteiger partial charge in [0.25, 0.3) is 5.91 Å². The van der Waals surface area contributed by atoms with Crippen molar-refractivity contribution in [3.63, 3.8) is 0 Å². The third-order valence-corrected chi connectivity index (χ3v) is 5.59. The Labute approximate surface area is 187 Å². The van der Waals surface area contributed by atoms with E-state index in [1.54, 1.807) is 23.8 Å². The van der Waals surface area contributed by atoms with Gasteiger partial charge in [-0.15, -0.1) is 0 Å². The molecule has 2 amide bonds. The van der Waals surface area contributed by atoms with Crippen molar-refractivity contribution in [2.24, 2.45) is 0 Å². The predicted octanol–water partition coefficient (Wildman–Crippen LogP) is 3.94. The summed E-state index contributed by atoms with van der Waals surface area (Å²) >= 11 is 0. The largest absolute Gasteiger partial charge is 0.479 e. The van der Waals surface area contributed by atoms with E-state index in [0.29, 0.717) is 30.9 Å². The number of aryl methyl sites for hydroxylation is 1. The molecule has 0 aliphatic carbocycles. The zero-order valence-corrected chi connectivity index (χ0v) is 18.4. The van der Waals surface area contributed by atoms with E-state index in [2.05, 4.69) is 5.16 Å². The summed E-state index contributed by atoms with van der Waals surface area (Å²) in [5.74, 6) is 1.34. The van der Waals surface area contributed by atoms with Gasteiger partial charge in [0.15, 0.2) is 6.10 Å². The Morgan fingerprint density at radius 3 is 2.69 bits per heavy atom. The molecule has 1 aromatic heterocycles. The number of carbonyl (C=O) groups excluding carboxylic acids is 2. The number of nitrogens with zero attached hydrogens (tertiary/aromatic N) is 3. The second kappa shape index (κ2) is 9.68. The maximum absolute atomic E-state index is 12.6. The first-order valence-corrected chi connectivity index (χ1v) is 10.8. The standard InChI is InChI=1S/C25H27N3O4/c1-18-25(30)28(22-12-6-7-13-23(22)31-18)16-14-24(29)27(2)15-8-11-20-17-21(26-32-20)19-9-4-3-5-10-19/h3-7,9-10,12-13,17-18H,8,11,14-16H2,1-2H3. The van der Waals surface area contributed by atoms with Crippen LogP contribution in [0.1, 0.15) is 25.5 Å². The Hall–Kier alpha value is -3.61. The van der Waals surface area contributed by atoms with E-state index in [1.165, 1.54) is 0 Å². The topological polar surface area (TPSA) is 75.9 Å². The van der Waals surface area contributed by atoms with Crippen molar-refractivity contribution in [2.45, 2.75) is 32.3 Å². The van der Waals surface area contributed by atoms with E-state index in [1.807, 2.05) is 60.7 Å². The highest BCUT2D eigenvalue weighted by Gasteiger charge is 2.31. The van der Waals surface area contributed by atoms with Crippen molar-refractivity contribution in [3.05, 3.63) is 66.4 Å². The molecule has 0 spiro atoms. The summed E-state index contributed by atoms with van der Waals surface area (Å²) in [6.45, 7) is 2.66. The average molecular weight is 434 g/mol. The summed E-state index contributed by atoms with van der Waals surface area (Å²) in [6, 6.07) is 19.2. The monoisotopic (exact) mass is 433 g/mol. The number of hydrogen-bond acceptors (Lipinski definition) is 5. The van der Waals surface area contributed by atoms with Crippen LogP contribution >= 0.6 is 0 Å². The summed E-state index contributed by atoms with van der Waals surface area (Å²) < 4.78 is 11.1. The molecular formula is C25H27N3O4. The van der Waals surface area contributed by atoms with Gasteiger partial charge in [0, 0.05) is 44.6 Å². The van der Waals surface area contributed by atoms with Gasteiger partial charge >= 0.3 is 0 Å². The van der Waals surface area contributed by atoms with Crippen LogP contribution in [0, 0.1) is 0 Å². The van der Waals surface area contributed by atoms with Crippen molar-refractivity contribution < 1.29 is 18.8 Å². The van der Waals surface area contributed by atoms with Gasteiger partial charge in [-0.2, -0.15) is 0 Å². The van der Waals surface area contributed by atoms with Gasteiger partial charge in [-0.05, 0) is 25.5 Å². The molecule has 0 bridgehead atoms. The number of aromatic nitrogens is 1. The van der Waals surface area contributed by atoms with Crippen LogP contribution in [0.3, 0.4) is 0 Å². The van der Waals surface area contributed by atoms with E-state index in [0.717, 1.165) is 23.4 Å². The summed E-state index contributed by atoms with van der Waals surface area (Å²) in [5, 5.41) is 4.13. The number of amides is 2. The third-order valence-electron chi connectivity index (χ3n) is 5.59. The third kappa shape index (κ3) is 4.82. The van der Waals surface area contributed by atoms with E-state index >= 15 is 0 Å². The van der Waals surface area contributed by atoms with Crippen molar-refractivity contribution in [2.75, 3.05) is 25.0 Å². The molecule has 166 valence electrons. The number of hydrogen-bond donors (Lipinski definition) is 0. The number of fused-ring (bicyclic) bond motifs is 1. The molecule has 0 saturated carbocycles. The van der Waals surface area contributed by atoms with Gasteiger partial charge in [0.05, 0.1) is 5.69 Å². The van der Waals surface area contributed by atoms with Gasteiger partial charge < -0.3 is 19.1 Å². The molecule has 1 aliphatic heterocycles. The predicted molar refractivity (Wildman–Crippen MR) is 121 cm³/mol. The minimum Gasteiger partial charge on any atom is -0.479 e. The number of rotatable bonds is 8. The molecule has 0 saturated heterocycles. The zero-order chi connectivity index (χ0) is 22.5. The van der Waals surface area contributed by atoms with Gasteiger partial charge in [-0.25, -0.2) is 0 Å². The van der Waals surface area contributed by atoms with Gasteiger partial charge in [-0.3, -0.25) is 9.59 Å². The normalized spacial score (nSPS) is 15.2. The Bertz CT molecular complexity index is 1080. The maximum Gasteiger partial charge on any atom is 0.267 e. The molecule has 7 heteroatoms. The van der Waals surface area contributed by atoms with Crippen LogP contribution in [0.15, 0.2) is 65.2 Å². The fourth-order valence-electron chi connectivity index (χ4n) is 3.78. The number of benzene rings is 2. The van der Waals surface area contributed by atoms with Crippen LogP contribution in [0.2, 0.25) is 0 Å². The summed E-state index contributed by atoms with van der Waals surface area (Å²) in [6.07, 6.45) is 1.16. The van der Waals surface area contributed by atoms with E-state index < -0.39 is 6.10 Å². The van der Waals surface area contributed by atoms with Crippen LogP contribution in [-0.2, 0) is 16.0 Å². The molecule has 4 rings (SSSR count). The van der Waals surface area contributed by atoms with Gasteiger partial charge in [-0.1, -0.05) is 47.6 Å². The smallest absolute Gasteiger partial charge is 0.267 e. The Balaban J connectivity index is 1.26. The first-order chi connectivity index (χ1) is 15.5. The van der Waals surface area contributed by atoms with Crippen LogP contribution in [0.4, 0.5) is 5.69 Å². The summed E-state index contributed by atoms with van der Waals surface area (Å²) in [4.78, 5) is 28.6. The molecule has 1 unspecified atom stereocenters. The molecule has 0 radical (unpaired) electrons. The summed E-state index contributed by atoms with van der Waals surface area (Å²) in [7, 11) is 1.79. The molecule has 2 aromatic carbocycles. The highest BCUT2D eigenvalue weighted by Crippen LogP contribution is 2.33.